The van der Waals surface area contributed by atoms with Crippen LogP contribution in [0.1, 0.15) is 38.2 Å². The van der Waals surface area contributed by atoms with Gasteiger partial charge < -0.3 is 15.2 Å². The van der Waals surface area contributed by atoms with Gasteiger partial charge in [-0.05, 0) is 26.7 Å². The summed E-state index contributed by atoms with van der Waals surface area (Å²) in [7, 11) is 0. The van der Waals surface area contributed by atoms with Crippen LogP contribution < -0.4 is 10.1 Å². The van der Waals surface area contributed by atoms with Gasteiger partial charge in [-0.25, -0.2) is 9.97 Å². The number of aliphatic hydroxyl groups excluding tert-OH is 1. The lowest BCUT2D eigenvalue weighted by Gasteiger charge is -2.28. The maximum absolute atomic E-state index is 9.96. The van der Waals surface area contributed by atoms with Crippen molar-refractivity contribution in [2.24, 2.45) is 5.92 Å². The van der Waals surface area contributed by atoms with Crippen molar-refractivity contribution >= 4 is 5.82 Å². The highest BCUT2D eigenvalue weighted by Crippen LogP contribution is 2.26. The Hall–Kier alpha value is -1.36. The Bertz CT molecular complexity index is 412. The van der Waals surface area contributed by atoms with Gasteiger partial charge in [0.15, 0.2) is 0 Å². The summed E-state index contributed by atoms with van der Waals surface area (Å²) < 4.78 is 5.45. The monoisotopic (exact) mass is 265 g/mol. The van der Waals surface area contributed by atoms with Crippen molar-refractivity contribution in [2.45, 2.75) is 45.6 Å². The van der Waals surface area contributed by atoms with Crippen molar-refractivity contribution in [2.75, 3.05) is 18.5 Å². The number of hydrogen-bond donors (Lipinski definition) is 2. The Morgan fingerprint density at radius 3 is 2.89 bits per heavy atom. The molecular formula is C14H23N3O2. The van der Waals surface area contributed by atoms with Gasteiger partial charge in [0.2, 0.25) is 5.88 Å². The maximum Gasteiger partial charge on any atom is 0.221 e. The average Bonchev–Trinajstić information content (AvgIpc) is 2.42. The first-order valence-electron chi connectivity index (χ1n) is 7.08. The number of ether oxygens (including phenoxy) is 1. The minimum absolute atomic E-state index is 0.185. The second kappa shape index (κ2) is 6.70. The minimum atomic E-state index is -0.185. The largest absolute Gasteiger partial charge is 0.478 e. The summed E-state index contributed by atoms with van der Waals surface area (Å²) in [5.41, 5.74) is 0.926. The molecule has 2 rings (SSSR count). The molecule has 2 unspecified atom stereocenters. The molecule has 1 fully saturated rings. The molecule has 1 saturated carbocycles. The number of aromatic nitrogens is 2. The van der Waals surface area contributed by atoms with Gasteiger partial charge in [-0.3, -0.25) is 0 Å². The zero-order valence-electron chi connectivity index (χ0n) is 11.7. The maximum atomic E-state index is 9.96. The number of anilines is 1. The van der Waals surface area contributed by atoms with Gasteiger partial charge in [-0.15, -0.1) is 0 Å². The molecule has 2 atom stereocenters. The molecule has 1 heterocycles. The van der Waals surface area contributed by atoms with Crippen LogP contribution in [0, 0.1) is 12.8 Å². The molecular weight excluding hydrogens is 242 g/mol. The van der Waals surface area contributed by atoms with Gasteiger partial charge in [0, 0.05) is 12.5 Å². The van der Waals surface area contributed by atoms with Crippen molar-refractivity contribution in [3.63, 3.8) is 0 Å². The lowest BCUT2D eigenvalue weighted by molar-refractivity contribution is 0.0763. The molecule has 106 valence electrons. The summed E-state index contributed by atoms with van der Waals surface area (Å²) in [6.45, 7) is 5.24. The molecule has 2 N–H and O–H groups in total. The summed E-state index contributed by atoms with van der Waals surface area (Å²) in [5.74, 6) is 1.75. The van der Waals surface area contributed by atoms with Crippen molar-refractivity contribution in [1.82, 2.24) is 9.97 Å². The fourth-order valence-corrected chi connectivity index (χ4v) is 2.55. The van der Waals surface area contributed by atoms with Crippen LogP contribution in [0.25, 0.3) is 0 Å². The van der Waals surface area contributed by atoms with E-state index in [4.69, 9.17) is 4.74 Å². The molecule has 0 amide bonds. The van der Waals surface area contributed by atoms with E-state index >= 15 is 0 Å². The van der Waals surface area contributed by atoms with Crippen molar-refractivity contribution in [3.05, 3.63) is 11.9 Å². The third kappa shape index (κ3) is 3.56. The Kier molecular flexibility index (Phi) is 4.96. The third-order valence-electron chi connectivity index (χ3n) is 3.72. The van der Waals surface area contributed by atoms with Gasteiger partial charge in [0.25, 0.3) is 0 Å². The van der Waals surface area contributed by atoms with Crippen LogP contribution >= 0.6 is 0 Å². The first-order chi connectivity index (χ1) is 9.22. The van der Waals surface area contributed by atoms with Crippen molar-refractivity contribution < 1.29 is 9.84 Å². The summed E-state index contributed by atoms with van der Waals surface area (Å²) in [5, 5.41) is 13.3. The molecule has 5 heteroatoms. The van der Waals surface area contributed by atoms with Gasteiger partial charge in [0.05, 0.1) is 18.3 Å². The predicted octanol–water partition coefficient (Wildman–Crippen LogP) is 2.15. The van der Waals surface area contributed by atoms with E-state index in [1.54, 1.807) is 0 Å². The first-order valence-corrected chi connectivity index (χ1v) is 7.08. The summed E-state index contributed by atoms with van der Waals surface area (Å²) >= 11 is 0. The van der Waals surface area contributed by atoms with Crippen LogP contribution in [0.5, 0.6) is 5.88 Å². The highest BCUT2D eigenvalue weighted by Gasteiger charge is 2.23. The second-order valence-corrected chi connectivity index (χ2v) is 5.08. The number of nitrogens with zero attached hydrogens (tertiary/aromatic N) is 2. The molecule has 1 aromatic heterocycles. The summed E-state index contributed by atoms with van der Waals surface area (Å²) in [4.78, 5) is 8.36. The van der Waals surface area contributed by atoms with E-state index in [0.29, 0.717) is 18.4 Å². The molecule has 0 bridgehead atoms. The Labute approximate surface area is 114 Å². The van der Waals surface area contributed by atoms with Crippen LogP contribution in [0.2, 0.25) is 0 Å². The normalized spacial score (nSPS) is 23.1. The Morgan fingerprint density at radius 1 is 1.37 bits per heavy atom. The average molecular weight is 265 g/mol. The van der Waals surface area contributed by atoms with Crippen molar-refractivity contribution in [3.8, 4) is 5.88 Å². The lowest BCUT2D eigenvalue weighted by atomic mass is 9.86. The van der Waals surface area contributed by atoms with Crippen LogP contribution in [-0.2, 0) is 0 Å². The van der Waals surface area contributed by atoms with Crippen LogP contribution in [0.3, 0.4) is 0 Å². The van der Waals surface area contributed by atoms with E-state index in [1.165, 1.54) is 12.7 Å². The van der Waals surface area contributed by atoms with Gasteiger partial charge >= 0.3 is 0 Å². The molecule has 1 aliphatic carbocycles. The predicted molar refractivity (Wildman–Crippen MR) is 74.4 cm³/mol. The van der Waals surface area contributed by atoms with E-state index < -0.39 is 0 Å². The van der Waals surface area contributed by atoms with E-state index in [1.807, 2.05) is 13.8 Å². The number of nitrogens with one attached hydrogen (secondary N) is 1. The zero-order chi connectivity index (χ0) is 13.7. The van der Waals surface area contributed by atoms with E-state index in [0.717, 1.165) is 37.2 Å². The number of hydrogen-bond acceptors (Lipinski definition) is 5. The number of rotatable bonds is 5. The molecule has 0 aromatic carbocycles. The van der Waals surface area contributed by atoms with Crippen LogP contribution in [0.4, 0.5) is 5.82 Å². The van der Waals surface area contributed by atoms with Crippen LogP contribution in [-0.4, -0.2) is 34.3 Å². The fourth-order valence-electron chi connectivity index (χ4n) is 2.55. The van der Waals surface area contributed by atoms with E-state index in [2.05, 4.69) is 15.3 Å². The number of aliphatic hydroxyl groups is 1. The Balaban J connectivity index is 1.97. The quantitative estimate of drug-likeness (QED) is 0.854. The molecule has 1 aromatic rings. The first kappa shape index (κ1) is 14.1. The summed E-state index contributed by atoms with van der Waals surface area (Å²) in [6.07, 6.45) is 5.66. The molecule has 0 spiro atoms. The minimum Gasteiger partial charge on any atom is -0.478 e. The highest BCUT2D eigenvalue weighted by molar-refractivity contribution is 5.47. The molecule has 1 aliphatic rings. The standard InChI is InChI=1S/C14H23N3O2/c1-3-19-14-10(2)13(16-9-17-14)15-8-11-6-4-5-7-12(11)18/h9,11-12,18H,3-8H2,1-2H3,(H,15,16,17). The topological polar surface area (TPSA) is 67.3 Å². The molecule has 5 nitrogen and oxygen atoms in total. The third-order valence-corrected chi connectivity index (χ3v) is 3.72. The van der Waals surface area contributed by atoms with E-state index in [9.17, 15) is 5.11 Å². The molecule has 0 aliphatic heterocycles. The Morgan fingerprint density at radius 2 is 2.16 bits per heavy atom. The SMILES string of the molecule is CCOc1ncnc(NCC2CCCCC2O)c1C. The van der Waals surface area contributed by atoms with Gasteiger partial charge in [-0.2, -0.15) is 0 Å². The van der Waals surface area contributed by atoms with E-state index in [-0.39, 0.29) is 6.10 Å². The second-order valence-electron chi connectivity index (χ2n) is 5.08. The lowest BCUT2D eigenvalue weighted by Crippen LogP contribution is -2.30. The highest BCUT2D eigenvalue weighted by atomic mass is 16.5. The summed E-state index contributed by atoms with van der Waals surface area (Å²) in [6, 6.07) is 0. The fraction of sp³-hybridized carbons (Fsp3) is 0.714. The van der Waals surface area contributed by atoms with Gasteiger partial charge in [0.1, 0.15) is 12.1 Å². The van der Waals surface area contributed by atoms with Crippen molar-refractivity contribution in [1.29, 1.82) is 0 Å². The molecule has 0 saturated heterocycles. The van der Waals surface area contributed by atoms with Crippen LogP contribution in [0.15, 0.2) is 6.33 Å². The molecule has 0 radical (unpaired) electrons. The smallest absolute Gasteiger partial charge is 0.221 e. The molecule has 19 heavy (non-hydrogen) atoms. The van der Waals surface area contributed by atoms with Gasteiger partial charge in [-0.1, -0.05) is 12.8 Å². The zero-order valence-corrected chi connectivity index (χ0v) is 11.7.